The van der Waals surface area contributed by atoms with E-state index in [0.717, 1.165) is 0 Å². The van der Waals surface area contributed by atoms with Gasteiger partial charge in [-0.1, -0.05) is 31.2 Å². The predicted molar refractivity (Wildman–Crippen MR) is 102 cm³/mol. The zero-order valence-electron chi connectivity index (χ0n) is 14.7. The first-order valence-corrected chi connectivity index (χ1v) is 8.60. The summed E-state index contributed by atoms with van der Waals surface area (Å²) in [7, 11) is 0. The number of carbonyl (C=O) groups excluding carboxylic acids is 1. The lowest BCUT2D eigenvalue weighted by Gasteiger charge is -2.11. The predicted octanol–water partition coefficient (Wildman–Crippen LogP) is 2.69. The van der Waals surface area contributed by atoms with Crippen LogP contribution >= 0.6 is 0 Å². The summed E-state index contributed by atoms with van der Waals surface area (Å²) >= 11 is 0. The van der Waals surface area contributed by atoms with Gasteiger partial charge in [0.15, 0.2) is 5.65 Å². The summed E-state index contributed by atoms with van der Waals surface area (Å²) in [5.74, 6) is 0.0578. The molecule has 0 fully saturated rings. The molecule has 0 aliphatic carbocycles. The van der Waals surface area contributed by atoms with E-state index >= 15 is 0 Å². The molecule has 0 saturated heterocycles. The van der Waals surface area contributed by atoms with E-state index in [-0.39, 0.29) is 11.5 Å². The normalized spacial score (nSPS) is 10.9. The summed E-state index contributed by atoms with van der Waals surface area (Å²) < 4.78 is 2.98. The third kappa shape index (κ3) is 3.10. The highest BCUT2D eigenvalue weighted by molar-refractivity contribution is 6.03. The molecule has 0 saturated carbocycles. The molecule has 7 nitrogen and oxygen atoms in total. The number of para-hydroxylation sites is 1. The van der Waals surface area contributed by atoms with Gasteiger partial charge in [0, 0.05) is 24.0 Å². The molecule has 7 heteroatoms. The fourth-order valence-corrected chi connectivity index (χ4v) is 2.91. The van der Waals surface area contributed by atoms with Crippen molar-refractivity contribution >= 4 is 17.4 Å². The lowest BCUT2D eigenvalue weighted by molar-refractivity contribution is 0.101. The van der Waals surface area contributed by atoms with Gasteiger partial charge in [-0.15, -0.1) is 0 Å². The number of aromatic nitrogens is 4. The Kier molecular flexibility index (Phi) is 4.25. The monoisotopic (exact) mass is 359 g/mol. The van der Waals surface area contributed by atoms with Crippen LogP contribution in [0.25, 0.3) is 11.3 Å². The smallest absolute Gasteiger partial charge is 0.275 e. The van der Waals surface area contributed by atoms with Crippen molar-refractivity contribution in [2.45, 2.75) is 13.3 Å². The Morgan fingerprint density at radius 3 is 2.56 bits per heavy atom. The van der Waals surface area contributed by atoms with E-state index in [1.807, 2.05) is 37.3 Å². The summed E-state index contributed by atoms with van der Waals surface area (Å²) in [5.41, 5.74) is 1.85. The Morgan fingerprint density at radius 2 is 1.85 bits per heavy atom. The van der Waals surface area contributed by atoms with Crippen LogP contribution in [-0.2, 0) is 6.42 Å². The van der Waals surface area contributed by atoms with Crippen molar-refractivity contribution in [3.05, 3.63) is 88.6 Å². The molecule has 4 rings (SSSR count). The quantitative estimate of drug-likeness (QED) is 0.607. The van der Waals surface area contributed by atoms with Crippen molar-refractivity contribution < 1.29 is 4.79 Å². The van der Waals surface area contributed by atoms with Gasteiger partial charge in [0.1, 0.15) is 11.5 Å². The number of rotatable bonds is 4. The number of nitrogens with one attached hydrogen (secondary N) is 1. The van der Waals surface area contributed by atoms with Crippen LogP contribution in [0.1, 0.15) is 23.1 Å². The molecule has 0 atom stereocenters. The van der Waals surface area contributed by atoms with Crippen molar-refractivity contribution in [1.82, 2.24) is 19.2 Å². The van der Waals surface area contributed by atoms with Gasteiger partial charge in [0.05, 0.1) is 5.69 Å². The average Bonchev–Trinajstić information content (AvgIpc) is 3.09. The second-order valence-corrected chi connectivity index (χ2v) is 5.96. The van der Waals surface area contributed by atoms with Crippen molar-refractivity contribution in [1.29, 1.82) is 0 Å². The van der Waals surface area contributed by atoms with Gasteiger partial charge in [-0.25, -0.2) is 14.6 Å². The Labute approximate surface area is 154 Å². The molecule has 1 N–H and O–H groups in total. The highest BCUT2D eigenvalue weighted by atomic mass is 16.2. The number of anilines is 1. The van der Waals surface area contributed by atoms with Crippen LogP contribution in [0.5, 0.6) is 0 Å². The summed E-state index contributed by atoms with van der Waals surface area (Å²) in [6.07, 6.45) is 2.24. The first kappa shape index (κ1) is 16.7. The van der Waals surface area contributed by atoms with Crippen molar-refractivity contribution in [2.24, 2.45) is 0 Å². The summed E-state index contributed by atoms with van der Waals surface area (Å²) in [6.45, 7) is 1.93. The molecule has 0 spiro atoms. The SMILES string of the molecule is CCc1cc(=O)n2c(cc(C(=O)Nc3ccccn3)n2-c2ccccc2)n1. The molecule has 3 heterocycles. The molecular formula is C20H17N5O2. The number of amides is 1. The number of aryl methyl sites for hydroxylation is 1. The number of benzene rings is 1. The van der Waals surface area contributed by atoms with E-state index in [1.165, 1.54) is 10.6 Å². The lowest BCUT2D eigenvalue weighted by atomic mass is 10.3. The topological polar surface area (TPSA) is 81.3 Å². The van der Waals surface area contributed by atoms with Gasteiger partial charge in [-0.3, -0.25) is 9.59 Å². The maximum atomic E-state index is 12.9. The van der Waals surface area contributed by atoms with Gasteiger partial charge < -0.3 is 5.32 Å². The zero-order valence-corrected chi connectivity index (χ0v) is 14.7. The van der Waals surface area contributed by atoms with Gasteiger partial charge in [-0.05, 0) is 30.7 Å². The van der Waals surface area contributed by atoms with Crippen molar-refractivity contribution in [3.8, 4) is 5.69 Å². The van der Waals surface area contributed by atoms with E-state index in [9.17, 15) is 9.59 Å². The zero-order chi connectivity index (χ0) is 18.8. The fourth-order valence-electron chi connectivity index (χ4n) is 2.91. The van der Waals surface area contributed by atoms with Crippen LogP contribution < -0.4 is 10.9 Å². The highest BCUT2D eigenvalue weighted by Crippen LogP contribution is 2.16. The Balaban J connectivity index is 1.92. The fraction of sp³-hybridized carbons (Fsp3) is 0.100. The molecule has 1 aromatic carbocycles. The number of pyridine rings is 1. The molecule has 27 heavy (non-hydrogen) atoms. The van der Waals surface area contributed by atoms with Crippen LogP contribution in [0.2, 0.25) is 0 Å². The van der Waals surface area contributed by atoms with Crippen LogP contribution in [0.4, 0.5) is 5.82 Å². The van der Waals surface area contributed by atoms with E-state index in [0.29, 0.717) is 35.0 Å². The molecule has 0 aliphatic heterocycles. The highest BCUT2D eigenvalue weighted by Gasteiger charge is 2.19. The van der Waals surface area contributed by atoms with Gasteiger partial charge in [0.25, 0.3) is 11.5 Å². The molecule has 0 aliphatic rings. The summed E-state index contributed by atoms with van der Waals surface area (Å²) in [4.78, 5) is 34.3. The van der Waals surface area contributed by atoms with Gasteiger partial charge in [-0.2, -0.15) is 4.52 Å². The minimum Gasteiger partial charge on any atom is -0.305 e. The van der Waals surface area contributed by atoms with E-state index in [2.05, 4.69) is 15.3 Å². The maximum absolute atomic E-state index is 12.9. The van der Waals surface area contributed by atoms with E-state index in [4.69, 9.17) is 0 Å². The van der Waals surface area contributed by atoms with Gasteiger partial charge in [0.2, 0.25) is 0 Å². The van der Waals surface area contributed by atoms with Crippen LogP contribution in [-0.4, -0.2) is 25.1 Å². The molecule has 0 unspecified atom stereocenters. The Hall–Kier alpha value is -3.74. The largest absolute Gasteiger partial charge is 0.305 e. The number of nitrogens with zero attached hydrogens (tertiary/aromatic N) is 4. The third-order valence-electron chi connectivity index (χ3n) is 4.17. The molecule has 1 amide bonds. The molecule has 0 bridgehead atoms. The van der Waals surface area contributed by atoms with Crippen LogP contribution in [0.3, 0.4) is 0 Å². The second kappa shape index (κ2) is 6.87. The maximum Gasteiger partial charge on any atom is 0.275 e. The van der Waals surface area contributed by atoms with Crippen molar-refractivity contribution in [3.63, 3.8) is 0 Å². The second-order valence-electron chi connectivity index (χ2n) is 5.96. The third-order valence-corrected chi connectivity index (χ3v) is 4.17. The van der Waals surface area contributed by atoms with Crippen molar-refractivity contribution in [2.75, 3.05) is 5.32 Å². The number of carbonyl (C=O) groups is 1. The number of hydrogen-bond acceptors (Lipinski definition) is 4. The molecule has 0 radical (unpaired) electrons. The Morgan fingerprint density at radius 1 is 1.07 bits per heavy atom. The molecular weight excluding hydrogens is 342 g/mol. The number of fused-ring (bicyclic) bond motifs is 1. The Bertz CT molecular complexity index is 1160. The number of hydrogen-bond donors (Lipinski definition) is 1. The standard InChI is InChI=1S/C20H17N5O2/c1-2-14-12-19(26)25-18(22-14)13-16(24(25)15-8-4-3-5-9-15)20(27)23-17-10-6-7-11-21-17/h3-13H,2H2,1H3,(H,21,23,27). The van der Waals surface area contributed by atoms with Crippen LogP contribution in [0.15, 0.2) is 71.7 Å². The lowest BCUT2D eigenvalue weighted by Crippen LogP contribution is -2.24. The van der Waals surface area contributed by atoms with E-state index < -0.39 is 0 Å². The minimum atomic E-state index is -0.375. The molecule has 3 aromatic heterocycles. The molecule has 134 valence electrons. The first-order valence-electron chi connectivity index (χ1n) is 8.60. The summed E-state index contributed by atoms with van der Waals surface area (Å²) in [5, 5.41) is 2.76. The first-order chi connectivity index (χ1) is 13.2. The molecule has 4 aromatic rings. The average molecular weight is 359 g/mol. The van der Waals surface area contributed by atoms with E-state index in [1.54, 1.807) is 35.1 Å². The van der Waals surface area contributed by atoms with Gasteiger partial charge >= 0.3 is 0 Å². The van der Waals surface area contributed by atoms with Crippen LogP contribution in [0, 0.1) is 0 Å². The summed E-state index contributed by atoms with van der Waals surface area (Å²) in [6, 6.07) is 17.6. The minimum absolute atomic E-state index is 0.238.